The van der Waals surface area contributed by atoms with E-state index in [0.29, 0.717) is 11.5 Å². The van der Waals surface area contributed by atoms with Crippen LogP contribution >= 0.6 is 0 Å². The Morgan fingerprint density at radius 2 is 1.87 bits per heavy atom. The average Bonchev–Trinajstić information content (AvgIpc) is 3.00. The zero-order valence-corrected chi connectivity index (χ0v) is 12.8. The lowest BCUT2D eigenvalue weighted by Gasteiger charge is -2.19. The van der Waals surface area contributed by atoms with Crippen molar-refractivity contribution < 1.29 is 34.0 Å². The predicted molar refractivity (Wildman–Crippen MR) is 75.8 cm³/mol. The van der Waals surface area contributed by atoms with Gasteiger partial charge in [-0.05, 0) is 37.3 Å². The maximum absolute atomic E-state index is 12.5. The van der Waals surface area contributed by atoms with Crippen LogP contribution in [0.3, 0.4) is 0 Å². The monoisotopic (exact) mass is 320 g/mol. The molecule has 0 amide bonds. The Kier molecular flexibility index (Phi) is 5.35. The summed E-state index contributed by atoms with van der Waals surface area (Å²) in [6.45, 7) is 3.49. The molecule has 0 aromatic heterocycles. The maximum atomic E-state index is 12.5. The summed E-state index contributed by atoms with van der Waals surface area (Å²) in [5, 5.41) is 24.1. The largest absolute Gasteiger partial charge is 0.871 e. The van der Waals surface area contributed by atoms with Crippen molar-refractivity contribution >= 4 is 11.7 Å². The summed E-state index contributed by atoms with van der Waals surface area (Å²) in [5.74, 6) is -1.42. The van der Waals surface area contributed by atoms with Gasteiger partial charge in [-0.3, -0.25) is 0 Å². The zero-order chi connectivity index (χ0) is 16.8. The Morgan fingerprint density at radius 1 is 1.17 bits per heavy atom. The fourth-order valence-corrected chi connectivity index (χ4v) is 1.92. The molecule has 1 aliphatic heterocycles. The summed E-state index contributed by atoms with van der Waals surface area (Å²) in [7, 11) is 0. The van der Waals surface area contributed by atoms with Crippen LogP contribution in [0.1, 0.15) is 19.4 Å². The number of esters is 1. The molecule has 23 heavy (non-hydrogen) atoms. The molecule has 0 unspecified atom stereocenters. The molecule has 0 spiro atoms. The third-order valence-electron chi connectivity index (χ3n) is 2.92. The van der Waals surface area contributed by atoms with Crippen LogP contribution in [0.4, 0.5) is 0 Å². The lowest BCUT2D eigenvalue weighted by Crippen LogP contribution is -2.17. The van der Waals surface area contributed by atoms with Crippen LogP contribution in [0.25, 0.3) is 5.76 Å². The first-order valence-corrected chi connectivity index (χ1v) is 7.06. The van der Waals surface area contributed by atoms with Gasteiger partial charge in [-0.2, -0.15) is 0 Å². The van der Waals surface area contributed by atoms with Gasteiger partial charge in [0, 0.05) is 0 Å². The van der Waals surface area contributed by atoms with E-state index in [1.807, 2.05) is 0 Å². The van der Waals surface area contributed by atoms with Crippen LogP contribution in [0.5, 0.6) is 11.5 Å². The van der Waals surface area contributed by atoms with Gasteiger partial charge in [-0.25, -0.2) is 4.79 Å². The van der Waals surface area contributed by atoms with Gasteiger partial charge in [-0.15, -0.1) is 0 Å². The third kappa shape index (κ3) is 3.88. The Hall–Kier alpha value is -2.83. The first-order chi connectivity index (χ1) is 11.1. The zero-order valence-electron chi connectivity index (χ0n) is 12.8. The third-order valence-corrected chi connectivity index (χ3v) is 2.92. The molecule has 124 valence electrons. The topological polar surface area (TPSA) is 100 Å². The number of fused-ring (bicyclic) bond motifs is 1. The van der Waals surface area contributed by atoms with Gasteiger partial charge in [0.05, 0.1) is 18.1 Å². The Labute approximate surface area is 133 Å². The van der Waals surface area contributed by atoms with Crippen LogP contribution in [-0.4, -0.2) is 26.0 Å². The normalized spacial score (nSPS) is 14.3. The minimum Gasteiger partial charge on any atom is -0.871 e. The number of hydrogen-bond acceptors (Lipinski definition) is 7. The van der Waals surface area contributed by atoms with E-state index in [2.05, 4.69) is 0 Å². The molecule has 1 aromatic carbocycles. The highest BCUT2D eigenvalue weighted by Crippen LogP contribution is 2.34. The molecule has 0 N–H and O–H groups in total. The molecule has 7 nitrogen and oxygen atoms in total. The number of carbonyl (C=O) groups is 1. The number of hydrogen-bond donors (Lipinski definition) is 0. The van der Waals surface area contributed by atoms with E-state index in [-0.39, 0.29) is 25.6 Å². The van der Waals surface area contributed by atoms with Crippen molar-refractivity contribution in [3.63, 3.8) is 0 Å². The molecular weight excluding hydrogens is 304 g/mol. The Balaban J connectivity index is 2.43. The Morgan fingerprint density at radius 3 is 2.57 bits per heavy atom. The summed E-state index contributed by atoms with van der Waals surface area (Å²) < 4.78 is 19.9. The SMILES string of the molecule is CCOC(=O)C(/C=C(\[O-])OCC)=C(/[O-])c1ccc2c(c1)OCO2. The van der Waals surface area contributed by atoms with E-state index in [9.17, 15) is 15.0 Å². The molecule has 2 rings (SSSR count). The van der Waals surface area contributed by atoms with Crippen LogP contribution in [0, 0.1) is 0 Å². The van der Waals surface area contributed by atoms with Crippen LogP contribution in [-0.2, 0) is 14.3 Å². The van der Waals surface area contributed by atoms with Crippen molar-refractivity contribution in [2.24, 2.45) is 0 Å². The minimum absolute atomic E-state index is 0.0658. The van der Waals surface area contributed by atoms with E-state index < -0.39 is 23.2 Å². The fourth-order valence-electron chi connectivity index (χ4n) is 1.92. The number of rotatable bonds is 6. The second kappa shape index (κ2) is 7.44. The van der Waals surface area contributed by atoms with Gasteiger partial charge in [0.15, 0.2) is 11.5 Å². The van der Waals surface area contributed by atoms with Crippen molar-refractivity contribution in [1.29, 1.82) is 0 Å². The highest BCUT2D eigenvalue weighted by molar-refractivity contribution is 5.98. The van der Waals surface area contributed by atoms with Gasteiger partial charge >= 0.3 is 5.97 Å². The number of ether oxygens (including phenoxy) is 4. The fraction of sp³-hybridized carbons (Fsp3) is 0.312. The van der Waals surface area contributed by atoms with E-state index in [0.717, 1.165) is 6.08 Å². The van der Waals surface area contributed by atoms with E-state index >= 15 is 0 Å². The molecular formula is C16H16O7-2. The molecule has 0 aliphatic carbocycles. The summed E-state index contributed by atoms with van der Waals surface area (Å²) in [6.07, 6.45) is 0.842. The standard InChI is InChI=1S/C16H18O7/c1-3-20-14(17)8-11(16(19)21-4-2)15(18)10-5-6-12-13(7-10)23-9-22-12/h5-8,17-18H,3-4,9H2,1-2H3/p-2/b14-8+,15-11+. The molecule has 7 heteroatoms. The first kappa shape index (κ1) is 16.5. The minimum atomic E-state index is -0.886. The van der Waals surface area contributed by atoms with Crippen LogP contribution in [0.2, 0.25) is 0 Å². The Bertz CT molecular complexity index is 646. The van der Waals surface area contributed by atoms with Crippen molar-refractivity contribution in [2.45, 2.75) is 13.8 Å². The molecule has 0 bridgehead atoms. The van der Waals surface area contributed by atoms with Crippen molar-refractivity contribution in [3.05, 3.63) is 41.4 Å². The van der Waals surface area contributed by atoms with E-state index in [1.54, 1.807) is 19.9 Å². The highest BCUT2D eigenvalue weighted by atomic mass is 16.7. The maximum Gasteiger partial charge on any atom is 0.337 e. The number of carbonyl (C=O) groups excluding carboxylic acids is 1. The van der Waals surface area contributed by atoms with E-state index in [4.69, 9.17) is 18.9 Å². The molecule has 0 atom stereocenters. The smallest absolute Gasteiger partial charge is 0.337 e. The van der Waals surface area contributed by atoms with Crippen molar-refractivity contribution in [2.75, 3.05) is 20.0 Å². The van der Waals surface area contributed by atoms with Gasteiger partial charge in [-0.1, -0.05) is 18.7 Å². The summed E-state index contributed by atoms with van der Waals surface area (Å²) in [4.78, 5) is 12.0. The average molecular weight is 320 g/mol. The summed E-state index contributed by atoms with van der Waals surface area (Å²) >= 11 is 0. The first-order valence-electron chi connectivity index (χ1n) is 7.06. The van der Waals surface area contributed by atoms with E-state index in [1.165, 1.54) is 12.1 Å². The van der Waals surface area contributed by atoms with Crippen molar-refractivity contribution in [1.82, 2.24) is 0 Å². The van der Waals surface area contributed by atoms with Crippen molar-refractivity contribution in [3.8, 4) is 11.5 Å². The second-order valence-electron chi connectivity index (χ2n) is 4.43. The molecule has 1 heterocycles. The molecule has 1 aromatic rings. The predicted octanol–water partition coefficient (Wildman–Crippen LogP) is 0.288. The lowest BCUT2D eigenvalue weighted by atomic mass is 10.1. The van der Waals surface area contributed by atoms with Crippen LogP contribution in [0.15, 0.2) is 35.8 Å². The second-order valence-corrected chi connectivity index (χ2v) is 4.43. The van der Waals surface area contributed by atoms with Gasteiger partial charge in [0.25, 0.3) is 0 Å². The van der Waals surface area contributed by atoms with Gasteiger partial charge in [0.2, 0.25) is 6.79 Å². The molecule has 1 aliphatic rings. The van der Waals surface area contributed by atoms with Gasteiger partial charge in [0.1, 0.15) is 0 Å². The summed E-state index contributed by atoms with van der Waals surface area (Å²) in [6, 6.07) is 4.49. The lowest BCUT2D eigenvalue weighted by molar-refractivity contribution is -0.356. The molecule has 0 radical (unpaired) electrons. The number of benzene rings is 1. The summed E-state index contributed by atoms with van der Waals surface area (Å²) in [5.41, 5.74) is -0.220. The van der Waals surface area contributed by atoms with Gasteiger partial charge < -0.3 is 29.2 Å². The van der Waals surface area contributed by atoms with Crippen LogP contribution < -0.4 is 19.7 Å². The molecule has 0 saturated carbocycles. The quantitative estimate of drug-likeness (QED) is 0.321. The molecule has 0 saturated heterocycles. The highest BCUT2D eigenvalue weighted by Gasteiger charge is 2.15. The molecule has 0 fully saturated rings.